The number of nitrogens with two attached hydrogens (primary N) is 1. The number of hydrogen-bond acceptors (Lipinski definition) is 7. The van der Waals surface area contributed by atoms with Gasteiger partial charge in [-0.25, -0.2) is 10.7 Å². The van der Waals surface area contributed by atoms with Crippen molar-refractivity contribution in [3.05, 3.63) is 33.1 Å². The van der Waals surface area contributed by atoms with E-state index >= 15 is 0 Å². The van der Waals surface area contributed by atoms with Gasteiger partial charge < -0.3 is 18.7 Å². The van der Waals surface area contributed by atoms with Crippen LogP contribution in [0.5, 0.6) is 0 Å². The third-order valence-corrected chi connectivity index (χ3v) is 9.65. The highest BCUT2D eigenvalue weighted by Gasteiger charge is 2.51. The molecule has 26 heavy (non-hydrogen) atoms. The first-order chi connectivity index (χ1) is 12.0. The van der Waals surface area contributed by atoms with Crippen LogP contribution in [0.4, 0.5) is 0 Å². The van der Waals surface area contributed by atoms with Gasteiger partial charge in [-0.1, -0.05) is 20.8 Å². The Bertz CT molecular complexity index is 726. The lowest BCUT2D eigenvalue weighted by molar-refractivity contribution is -0.0724. The van der Waals surface area contributed by atoms with E-state index in [0.717, 1.165) is 0 Å². The maximum atomic E-state index is 12.2. The largest absolute Gasteiger partial charge is 0.408 e. The summed E-state index contributed by atoms with van der Waals surface area (Å²) in [5.41, 5.74) is -1.06. The molecule has 9 nitrogen and oxygen atoms in total. The predicted octanol–water partition coefficient (Wildman–Crippen LogP) is 0.730. The maximum Gasteiger partial charge on any atom is 0.330 e. The van der Waals surface area contributed by atoms with E-state index in [4.69, 9.17) is 24.6 Å². The van der Waals surface area contributed by atoms with Gasteiger partial charge in [-0.2, -0.15) is 0 Å². The van der Waals surface area contributed by atoms with Crippen LogP contribution in [-0.4, -0.2) is 49.9 Å². The number of aromatic amines is 1. The molecule has 0 spiro atoms. The zero-order chi connectivity index (χ0) is 19.7. The first-order valence-electron chi connectivity index (χ1n) is 8.51. The quantitative estimate of drug-likeness (QED) is 0.546. The number of ether oxygens (including phenoxy) is 2. The second-order valence-corrected chi connectivity index (χ2v) is 12.7. The molecule has 4 atom stereocenters. The number of methoxy groups -OCH3 is 1. The smallest absolute Gasteiger partial charge is 0.330 e. The summed E-state index contributed by atoms with van der Waals surface area (Å²) in [5, 5.41) is -0.0215. The molecule has 0 radical (unpaired) electrons. The van der Waals surface area contributed by atoms with Crippen molar-refractivity contribution in [1.82, 2.24) is 9.55 Å². The van der Waals surface area contributed by atoms with Gasteiger partial charge in [0.15, 0.2) is 14.5 Å². The van der Waals surface area contributed by atoms with E-state index in [0.29, 0.717) is 0 Å². The Balaban J connectivity index is 2.39. The highest BCUT2D eigenvalue weighted by atomic mass is 28.4. The van der Waals surface area contributed by atoms with Gasteiger partial charge in [0.25, 0.3) is 5.56 Å². The summed E-state index contributed by atoms with van der Waals surface area (Å²) in [6.07, 6.45) is -0.921. The summed E-state index contributed by atoms with van der Waals surface area (Å²) in [6.45, 7) is 10.7. The van der Waals surface area contributed by atoms with Crippen LogP contribution < -0.4 is 17.1 Å². The molecule has 3 N–H and O–H groups in total. The molecule has 1 aliphatic heterocycles. The molecule has 1 aromatic heterocycles. The van der Waals surface area contributed by atoms with Crippen molar-refractivity contribution >= 4 is 8.32 Å². The monoisotopic (exact) mass is 387 g/mol. The van der Waals surface area contributed by atoms with Crippen molar-refractivity contribution in [3.8, 4) is 0 Å². The Labute approximate surface area is 153 Å². The molecule has 0 saturated carbocycles. The van der Waals surface area contributed by atoms with Crippen molar-refractivity contribution in [3.63, 3.8) is 0 Å². The summed E-state index contributed by atoms with van der Waals surface area (Å²) in [5.74, 6) is 5.26. The zero-order valence-corrected chi connectivity index (χ0v) is 17.1. The van der Waals surface area contributed by atoms with E-state index in [1.807, 2.05) is 0 Å². The highest BCUT2D eigenvalue weighted by Crippen LogP contribution is 2.41. The predicted molar refractivity (Wildman–Crippen MR) is 98.2 cm³/mol. The molecule has 2 rings (SSSR count). The first-order valence-corrected chi connectivity index (χ1v) is 11.4. The summed E-state index contributed by atoms with van der Waals surface area (Å²) in [4.78, 5) is 30.5. The van der Waals surface area contributed by atoms with Gasteiger partial charge in [0.2, 0.25) is 0 Å². The highest BCUT2D eigenvalue weighted by molar-refractivity contribution is 6.74. The minimum atomic E-state index is -2.15. The van der Waals surface area contributed by atoms with Crippen LogP contribution in [0.15, 0.2) is 21.9 Å². The van der Waals surface area contributed by atoms with Gasteiger partial charge in [0, 0.05) is 19.4 Å². The normalized spacial score (nSPS) is 27.0. The van der Waals surface area contributed by atoms with Crippen LogP contribution >= 0.6 is 0 Å². The maximum absolute atomic E-state index is 12.2. The molecule has 1 fully saturated rings. The number of hydrogen-bond donors (Lipinski definition) is 2. The van der Waals surface area contributed by atoms with Crippen LogP contribution in [0.3, 0.4) is 0 Å². The first kappa shape index (κ1) is 21.0. The molecule has 0 amide bonds. The average molecular weight is 388 g/mol. The molecule has 1 aliphatic rings. The molecule has 0 bridgehead atoms. The third-order valence-electron chi connectivity index (χ3n) is 5.18. The molecular weight excluding hydrogens is 358 g/mol. The van der Waals surface area contributed by atoms with E-state index in [-0.39, 0.29) is 11.6 Å². The van der Waals surface area contributed by atoms with Gasteiger partial charge in [-0.05, 0) is 18.1 Å². The Hall–Kier alpha value is -1.30. The van der Waals surface area contributed by atoms with Gasteiger partial charge in [-0.15, -0.1) is 0 Å². The fraction of sp³-hybridized carbons (Fsp3) is 0.750. The molecule has 2 heterocycles. The molecule has 10 heteroatoms. The molecule has 1 aromatic rings. The average Bonchev–Trinajstić information content (AvgIpc) is 2.83. The van der Waals surface area contributed by atoms with Crippen LogP contribution in [0.2, 0.25) is 18.1 Å². The van der Waals surface area contributed by atoms with Crippen LogP contribution in [0.25, 0.3) is 0 Å². The van der Waals surface area contributed by atoms with Crippen molar-refractivity contribution in [2.24, 2.45) is 5.90 Å². The molecular formula is C16H29N3O6Si. The number of rotatable bonds is 6. The SMILES string of the molecule is CO[C@@H]1[C@H](O[Si](C)(C)C(C)(C)C)[C@@H](CON)O[C@H]1n1ccc(=O)[nH]c1=O. The van der Waals surface area contributed by atoms with Gasteiger partial charge in [-0.3, -0.25) is 14.3 Å². The van der Waals surface area contributed by atoms with Gasteiger partial charge >= 0.3 is 5.69 Å². The molecule has 0 aliphatic carbocycles. The Morgan fingerprint density at radius 1 is 1.31 bits per heavy atom. The number of aromatic nitrogens is 2. The van der Waals surface area contributed by atoms with E-state index in [1.54, 1.807) is 0 Å². The molecule has 1 saturated heterocycles. The molecule has 0 aromatic carbocycles. The molecule has 0 unspecified atom stereocenters. The third kappa shape index (κ3) is 4.16. The van der Waals surface area contributed by atoms with E-state index in [1.165, 1.54) is 23.9 Å². The fourth-order valence-corrected chi connectivity index (χ4v) is 4.02. The summed E-state index contributed by atoms with van der Waals surface area (Å²) in [7, 11) is -0.620. The van der Waals surface area contributed by atoms with E-state index < -0.39 is 44.1 Å². The topological polar surface area (TPSA) is 118 Å². The lowest BCUT2D eigenvalue weighted by Crippen LogP contribution is -2.50. The van der Waals surface area contributed by atoms with Crippen LogP contribution in [-0.2, 0) is 18.7 Å². The van der Waals surface area contributed by atoms with Crippen molar-refractivity contribution in [2.75, 3.05) is 13.7 Å². The number of nitrogens with one attached hydrogen (secondary N) is 1. The van der Waals surface area contributed by atoms with Crippen LogP contribution in [0, 0.1) is 0 Å². The van der Waals surface area contributed by atoms with E-state index in [9.17, 15) is 9.59 Å². The van der Waals surface area contributed by atoms with E-state index in [2.05, 4.69) is 38.8 Å². The number of H-pyrrole nitrogens is 1. The Morgan fingerprint density at radius 3 is 2.46 bits per heavy atom. The minimum Gasteiger partial charge on any atom is -0.408 e. The van der Waals surface area contributed by atoms with Gasteiger partial charge in [0.05, 0.1) is 6.61 Å². The second-order valence-electron chi connectivity index (χ2n) is 7.96. The minimum absolute atomic E-state index is 0.0215. The lowest BCUT2D eigenvalue weighted by atomic mass is 10.1. The summed E-state index contributed by atoms with van der Waals surface area (Å²) >= 11 is 0. The van der Waals surface area contributed by atoms with Crippen LogP contribution in [0.1, 0.15) is 27.0 Å². The van der Waals surface area contributed by atoms with Crippen molar-refractivity contribution in [1.29, 1.82) is 0 Å². The Morgan fingerprint density at radius 2 is 1.96 bits per heavy atom. The second kappa shape index (κ2) is 7.75. The van der Waals surface area contributed by atoms with Gasteiger partial charge in [0.1, 0.15) is 18.3 Å². The zero-order valence-electron chi connectivity index (χ0n) is 16.1. The lowest BCUT2D eigenvalue weighted by Gasteiger charge is -2.40. The molecule has 148 valence electrons. The number of nitrogens with zero attached hydrogens (tertiary/aromatic N) is 1. The fourth-order valence-electron chi connectivity index (χ4n) is 2.70. The van der Waals surface area contributed by atoms with Crippen molar-refractivity contribution < 1.29 is 18.7 Å². The standard InChI is InChI=1S/C16H29N3O6Si/c1-16(2,3)26(5,6)25-12-10(9-23-17)24-14(13(12)22-4)19-8-7-11(20)18-15(19)21/h7-8,10,12-14H,9,17H2,1-6H3,(H,18,20,21)/t10-,12-,13-,14-/m1/s1. The summed E-state index contributed by atoms with van der Waals surface area (Å²) < 4.78 is 19.4. The Kier molecular flexibility index (Phi) is 6.26. The van der Waals surface area contributed by atoms with Crippen molar-refractivity contribution in [2.45, 2.75) is 63.4 Å². The summed E-state index contributed by atoms with van der Waals surface area (Å²) in [6, 6.07) is 1.26.